The lowest BCUT2D eigenvalue weighted by atomic mass is 9.77. The first-order valence-corrected chi connectivity index (χ1v) is 8.67. The second-order valence-corrected chi connectivity index (χ2v) is 6.07. The van der Waals surface area contributed by atoms with Crippen molar-refractivity contribution in [3.8, 4) is 22.6 Å². The Morgan fingerprint density at radius 2 is 2.00 bits per heavy atom. The molecule has 2 heterocycles. The van der Waals surface area contributed by atoms with Crippen LogP contribution in [0.15, 0.2) is 55.0 Å². The fourth-order valence-corrected chi connectivity index (χ4v) is 3.05. The molecular weight excluding hydrogens is 389 g/mol. The van der Waals surface area contributed by atoms with Gasteiger partial charge in [-0.1, -0.05) is 6.07 Å². The number of methoxy groups -OCH3 is 1. The summed E-state index contributed by atoms with van der Waals surface area (Å²) in [6.07, 6.45) is 4.97. The third-order valence-electron chi connectivity index (χ3n) is 4.36. The Morgan fingerprint density at radius 1 is 1.23 bits per heavy atom. The number of aromatic nitrogens is 4. The Bertz CT molecular complexity index is 1170. The largest absolute Gasteiger partial charge is 0.497 e. The number of hydrogen-bond acceptors (Lipinski definition) is 8. The first kappa shape index (κ1) is 20.8. The first-order valence-electron chi connectivity index (χ1n) is 8.67. The molecule has 0 aliphatic heterocycles. The van der Waals surface area contributed by atoms with E-state index in [4.69, 9.17) is 20.4 Å². The van der Waals surface area contributed by atoms with E-state index in [0.717, 1.165) is 22.2 Å². The highest BCUT2D eigenvalue weighted by Crippen LogP contribution is 2.31. The minimum absolute atomic E-state index is 0.250. The van der Waals surface area contributed by atoms with Crippen LogP contribution in [0.3, 0.4) is 0 Å². The number of anilines is 1. The van der Waals surface area contributed by atoms with Gasteiger partial charge in [0.25, 0.3) is 6.47 Å². The Kier molecular flexibility index (Phi) is 6.25. The number of nitrogens with zero attached hydrogens (tertiary/aromatic N) is 4. The SMILES string of the molecule is COc1cc(-n2cccn2)c(-c2ccc3c(N)cnnc3c2)cc1B(O)O.O=CO. The fourth-order valence-electron chi connectivity index (χ4n) is 3.05. The van der Waals surface area contributed by atoms with Crippen molar-refractivity contribution in [2.24, 2.45) is 0 Å². The third-order valence-corrected chi connectivity index (χ3v) is 4.36. The molecule has 0 aliphatic rings. The van der Waals surface area contributed by atoms with Gasteiger partial charge in [0.2, 0.25) is 0 Å². The number of benzene rings is 2. The Morgan fingerprint density at radius 3 is 2.63 bits per heavy atom. The maximum absolute atomic E-state index is 9.75. The van der Waals surface area contributed by atoms with Crippen LogP contribution in [-0.2, 0) is 4.79 Å². The minimum atomic E-state index is -1.68. The van der Waals surface area contributed by atoms with E-state index in [1.54, 1.807) is 35.3 Å². The lowest BCUT2D eigenvalue weighted by Crippen LogP contribution is -2.31. The van der Waals surface area contributed by atoms with Crippen molar-refractivity contribution < 1.29 is 24.7 Å². The molecule has 0 unspecified atom stereocenters. The van der Waals surface area contributed by atoms with Gasteiger partial charge in [-0.25, -0.2) is 4.68 Å². The number of nitrogens with two attached hydrogens (primary N) is 1. The maximum atomic E-state index is 9.75. The average Bonchev–Trinajstić information content (AvgIpc) is 3.28. The number of ether oxygens (including phenoxy) is 1. The summed E-state index contributed by atoms with van der Waals surface area (Å²) in [5.74, 6) is 0.351. The van der Waals surface area contributed by atoms with Crippen LogP contribution in [0, 0.1) is 0 Å². The third kappa shape index (κ3) is 4.07. The van der Waals surface area contributed by atoms with Gasteiger partial charge in [-0.05, 0) is 29.8 Å². The second kappa shape index (κ2) is 9.03. The number of carboxylic acid groups (broad SMARTS) is 1. The zero-order valence-electron chi connectivity index (χ0n) is 15.9. The average molecular weight is 407 g/mol. The molecule has 4 rings (SSSR count). The zero-order chi connectivity index (χ0) is 21.7. The Hall–Kier alpha value is -3.96. The van der Waals surface area contributed by atoms with Crippen molar-refractivity contribution in [3.05, 3.63) is 55.0 Å². The molecule has 4 aromatic rings. The molecule has 152 valence electrons. The van der Waals surface area contributed by atoms with E-state index in [-0.39, 0.29) is 11.9 Å². The summed E-state index contributed by atoms with van der Waals surface area (Å²) in [5, 5.41) is 39.5. The van der Waals surface area contributed by atoms with Crippen molar-refractivity contribution in [2.45, 2.75) is 0 Å². The van der Waals surface area contributed by atoms with Gasteiger partial charge < -0.3 is 25.6 Å². The first-order chi connectivity index (χ1) is 14.5. The van der Waals surface area contributed by atoms with Crippen LogP contribution < -0.4 is 15.9 Å². The van der Waals surface area contributed by atoms with Crippen LogP contribution in [0.25, 0.3) is 27.7 Å². The van der Waals surface area contributed by atoms with Crippen molar-refractivity contribution in [1.29, 1.82) is 0 Å². The van der Waals surface area contributed by atoms with E-state index in [1.807, 2.05) is 18.2 Å². The quantitative estimate of drug-likeness (QED) is 0.279. The summed E-state index contributed by atoms with van der Waals surface area (Å²) in [7, 11) is -0.205. The summed E-state index contributed by atoms with van der Waals surface area (Å²) in [6.45, 7) is -0.250. The number of hydrogen-bond donors (Lipinski definition) is 4. The highest BCUT2D eigenvalue weighted by molar-refractivity contribution is 6.60. The molecule has 0 fully saturated rings. The highest BCUT2D eigenvalue weighted by atomic mass is 16.5. The lowest BCUT2D eigenvalue weighted by Gasteiger charge is -2.16. The van der Waals surface area contributed by atoms with Crippen LogP contribution >= 0.6 is 0 Å². The molecule has 2 aromatic carbocycles. The molecule has 0 atom stereocenters. The van der Waals surface area contributed by atoms with Crippen LogP contribution in [0.4, 0.5) is 5.69 Å². The predicted molar refractivity (Wildman–Crippen MR) is 112 cm³/mol. The molecule has 0 saturated carbocycles. The standard InChI is InChI=1S/C18H16BN5O3.CH2O2/c1-27-18-9-17(24-6-2-5-22-24)13(8-14(18)19(25)26)11-3-4-12-15(20)10-21-23-16(12)7-11;2-1-3/h2-10,25-26H,1H3,(H2,20,23);1H,(H,2,3). The molecule has 0 aliphatic carbocycles. The minimum Gasteiger partial charge on any atom is -0.497 e. The molecule has 0 bridgehead atoms. The van der Waals surface area contributed by atoms with Crippen LogP contribution in [0.5, 0.6) is 5.75 Å². The molecule has 10 nitrogen and oxygen atoms in total. The maximum Gasteiger partial charge on any atom is 0.492 e. The molecule has 0 saturated heterocycles. The Labute approximate surface area is 171 Å². The van der Waals surface area contributed by atoms with E-state index < -0.39 is 7.12 Å². The van der Waals surface area contributed by atoms with E-state index in [1.165, 1.54) is 13.3 Å². The van der Waals surface area contributed by atoms with E-state index in [2.05, 4.69) is 15.3 Å². The predicted octanol–water partition coefficient (Wildman–Crippen LogP) is 0.454. The molecule has 11 heteroatoms. The molecule has 30 heavy (non-hydrogen) atoms. The van der Waals surface area contributed by atoms with Gasteiger partial charge in [0.1, 0.15) is 5.75 Å². The smallest absolute Gasteiger partial charge is 0.492 e. The number of nitrogen functional groups attached to an aromatic ring is 1. The van der Waals surface area contributed by atoms with Crippen LogP contribution in [0.2, 0.25) is 0 Å². The molecule has 0 radical (unpaired) electrons. The van der Waals surface area contributed by atoms with Gasteiger partial charge in [0.15, 0.2) is 0 Å². The van der Waals surface area contributed by atoms with Crippen molar-refractivity contribution in [2.75, 3.05) is 12.8 Å². The van der Waals surface area contributed by atoms with Gasteiger partial charge >= 0.3 is 7.12 Å². The van der Waals surface area contributed by atoms with E-state index >= 15 is 0 Å². The van der Waals surface area contributed by atoms with Gasteiger partial charge in [-0.3, -0.25) is 4.79 Å². The summed E-state index contributed by atoms with van der Waals surface area (Å²) >= 11 is 0. The zero-order valence-corrected chi connectivity index (χ0v) is 15.9. The number of rotatable bonds is 4. The molecule has 2 aromatic heterocycles. The molecule has 5 N–H and O–H groups in total. The summed E-state index contributed by atoms with van der Waals surface area (Å²) < 4.78 is 7.00. The van der Waals surface area contributed by atoms with Crippen LogP contribution in [-0.4, -0.2) is 55.8 Å². The van der Waals surface area contributed by atoms with Gasteiger partial charge in [0.05, 0.1) is 30.2 Å². The highest BCUT2D eigenvalue weighted by Gasteiger charge is 2.22. The second-order valence-electron chi connectivity index (χ2n) is 6.07. The summed E-state index contributed by atoms with van der Waals surface area (Å²) in [5.41, 5.74) is 9.64. The summed E-state index contributed by atoms with van der Waals surface area (Å²) in [6, 6.07) is 10.8. The van der Waals surface area contributed by atoms with E-state index in [0.29, 0.717) is 17.0 Å². The summed E-state index contributed by atoms with van der Waals surface area (Å²) in [4.78, 5) is 8.36. The topological polar surface area (TPSA) is 157 Å². The van der Waals surface area contributed by atoms with Crippen molar-refractivity contribution in [1.82, 2.24) is 20.0 Å². The fraction of sp³-hybridized carbons (Fsp3) is 0.0526. The van der Waals surface area contributed by atoms with Gasteiger partial charge in [-0.2, -0.15) is 15.3 Å². The van der Waals surface area contributed by atoms with Gasteiger partial charge in [0, 0.05) is 34.9 Å². The van der Waals surface area contributed by atoms with Crippen molar-refractivity contribution >= 4 is 35.6 Å². The number of fused-ring (bicyclic) bond motifs is 1. The van der Waals surface area contributed by atoms with Crippen LogP contribution in [0.1, 0.15) is 0 Å². The number of carbonyl (C=O) groups is 1. The normalized spacial score (nSPS) is 10.2. The molecule has 0 amide bonds. The molecular formula is C19H18BN5O5. The van der Waals surface area contributed by atoms with Gasteiger partial charge in [-0.15, -0.1) is 0 Å². The Balaban J connectivity index is 0.000000806. The van der Waals surface area contributed by atoms with E-state index in [9.17, 15) is 10.0 Å². The lowest BCUT2D eigenvalue weighted by molar-refractivity contribution is -0.122. The molecule has 0 spiro atoms. The monoisotopic (exact) mass is 407 g/mol. The van der Waals surface area contributed by atoms with Crippen molar-refractivity contribution in [3.63, 3.8) is 0 Å².